The first-order valence-corrected chi connectivity index (χ1v) is 16.8. The number of pyridine rings is 2. The summed E-state index contributed by atoms with van der Waals surface area (Å²) in [6.07, 6.45) is 3.77. The fourth-order valence-corrected chi connectivity index (χ4v) is 8.57. The molecule has 4 nitrogen and oxygen atoms in total. The number of para-hydroxylation sites is 2. The molecular weight excluding hydrogens is 593 g/mol. The SMILES string of the molecule is CC1(C)c2cc(-c3cccnc3)ccc2-c2ccc(-c3cccc(-c4nc5ccccc5c5nc6sc7ccccc7n6c45)c3)cc21. The molecule has 0 fully saturated rings. The van der Waals surface area contributed by atoms with Crippen molar-refractivity contribution in [2.45, 2.75) is 19.3 Å². The van der Waals surface area contributed by atoms with Crippen LogP contribution in [0.15, 0.2) is 134 Å². The average molecular weight is 621 g/mol. The van der Waals surface area contributed by atoms with E-state index in [-0.39, 0.29) is 5.41 Å². The molecule has 5 heteroatoms. The Morgan fingerprint density at radius 1 is 0.617 bits per heavy atom. The third-order valence-electron chi connectivity index (χ3n) is 9.91. The summed E-state index contributed by atoms with van der Waals surface area (Å²) >= 11 is 1.73. The Morgan fingerprint density at radius 2 is 1.32 bits per heavy atom. The fraction of sp³-hybridized carbons (Fsp3) is 0.0714. The number of rotatable bonds is 3. The Morgan fingerprint density at radius 3 is 2.13 bits per heavy atom. The van der Waals surface area contributed by atoms with E-state index in [1.165, 1.54) is 43.6 Å². The minimum Gasteiger partial charge on any atom is -0.281 e. The highest BCUT2D eigenvalue weighted by Crippen LogP contribution is 2.51. The summed E-state index contributed by atoms with van der Waals surface area (Å²) in [7, 11) is 0. The molecule has 47 heavy (non-hydrogen) atoms. The number of nitrogens with zero attached hydrogens (tertiary/aromatic N) is 4. The Bertz CT molecular complexity index is 2710. The summed E-state index contributed by atoms with van der Waals surface area (Å²) in [6.45, 7) is 4.69. The van der Waals surface area contributed by atoms with Gasteiger partial charge in [0.25, 0.3) is 0 Å². The quantitative estimate of drug-likeness (QED) is 0.197. The van der Waals surface area contributed by atoms with Crippen molar-refractivity contribution in [3.05, 3.63) is 145 Å². The zero-order chi connectivity index (χ0) is 31.3. The lowest BCUT2D eigenvalue weighted by Crippen LogP contribution is -2.15. The molecule has 5 aromatic carbocycles. The van der Waals surface area contributed by atoms with E-state index in [1.54, 1.807) is 11.3 Å². The van der Waals surface area contributed by atoms with Crippen molar-refractivity contribution in [3.8, 4) is 44.6 Å². The number of hydrogen-bond acceptors (Lipinski definition) is 4. The first-order chi connectivity index (χ1) is 23.0. The van der Waals surface area contributed by atoms with Crippen molar-refractivity contribution in [1.29, 1.82) is 0 Å². The maximum atomic E-state index is 5.30. The molecule has 0 radical (unpaired) electrons. The molecule has 9 aromatic rings. The normalized spacial score (nSPS) is 13.5. The van der Waals surface area contributed by atoms with Crippen LogP contribution in [0.2, 0.25) is 0 Å². The molecular formula is C42H28N4S. The lowest BCUT2D eigenvalue weighted by atomic mass is 9.81. The molecule has 0 saturated heterocycles. The van der Waals surface area contributed by atoms with Crippen molar-refractivity contribution in [1.82, 2.24) is 19.4 Å². The highest BCUT2D eigenvalue weighted by Gasteiger charge is 2.36. The molecule has 1 aliphatic rings. The van der Waals surface area contributed by atoms with Crippen LogP contribution in [0, 0.1) is 0 Å². The highest BCUT2D eigenvalue weighted by atomic mass is 32.1. The number of aromatic nitrogens is 4. The van der Waals surface area contributed by atoms with Gasteiger partial charge in [0.15, 0.2) is 4.96 Å². The van der Waals surface area contributed by atoms with Crippen LogP contribution < -0.4 is 0 Å². The lowest BCUT2D eigenvalue weighted by molar-refractivity contribution is 0.661. The topological polar surface area (TPSA) is 43.1 Å². The summed E-state index contributed by atoms with van der Waals surface area (Å²) < 4.78 is 3.52. The van der Waals surface area contributed by atoms with Gasteiger partial charge in [-0.3, -0.25) is 9.38 Å². The van der Waals surface area contributed by atoms with Gasteiger partial charge < -0.3 is 0 Å². The summed E-state index contributed by atoms with van der Waals surface area (Å²) in [5.41, 5.74) is 16.1. The largest absolute Gasteiger partial charge is 0.281 e. The molecule has 10 rings (SSSR count). The van der Waals surface area contributed by atoms with E-state index in [9.17, 15) is 0 Å². The number of fused-ring (bicyclic) bond motifs is 10. The summed E-state index contributed by atoms with van der Waals surface area (Å²) in [5.74, 6) is 0. The van der Waals surface area contributed by atoms with Gasteiger partial charge >= 0.3 is 0 Å². The Labute approximate surface area is 275 Å². The smallest absolute Gasteiger partial charge is 0.195 e. The summed E-state index contributed by atoms with van der Waals surface area (Å²) in [6, 6.07) is 43.7. The fourth-order valence-electron chi connectivity index (χ4n) is 7.55. The van der Waals surface area contributed by atoms with Crippen LogP contribution in [-0.4, -0.2) is 19.4 Å². The molecule has 1 aliphatic carbocycles. The first kappa shape index (κ1) is 26.6. The Balaban J connectivity index is 1.13. The van der Waals surface area contributed by atoms with Gasteiger partial charge in [-0.1, -0.05) is 104 Å². The van der Waals surface area contributed by atoms with Crippen molar-refractivity contribution in [2.24, 2.45) is 0 Å². The van der Waals surface area contributed by atoms with Gasteiger partial charge in [0.05, 0.1) is 21.4 Å². The Kier molecular flexibility index (Phi) is 5.47. The number of hydrogen-bond donors (Lipinski definition) is 0. The monoisotopic (exact) mass is 620 g/mol. The molecule has 4 heterocycles. The van der Waals surface area contributed by atoms with Crippen molar-refractivity contribution >= 4 is 48.5 Å². The van der Waals surface area contributed by atoms with Crippen LogP contribution in [0.25, 0.3) is 81.8 Å². The Hall–Kier alpha value is -5.65. The van der Waals surface area contributed by atoms with Crippen LogP contribution in [0.5, 0.6) is 0 Å². The van der Waals surface area contributed by atoms with E-state index in [4.69, 9.17) is 9.97 Å². The number of imidazole rings is 1. The van der Waals surface area contributed by atoms with Crippen molar-refractivity contribution in [3.63, 3.8) is 0 Å². The lowest BCUT2D eigenvalue weighted by Gasteiger charge is -2.22. The zero-order valence-corrected chi connectivity index (χ0v) is 26.7. The molecule has 0 spiro atoms. The highest BCUT2D eigenvalue weighted by molar-refractivity contribution is 7.23. The van der Waals surface area contributed by atoms with E-state index < -0.39 is 0 Å². The second-order valence-corrected chi connectivity index (χ2v) is 14.0. The molecule has 0 aliphatic heterocycles. The molecule has 0 bridgehead atoms. The minimum absolute atomic E-state index is 0.133. The predicted octanol–water partition coefficient (Wildman–Crippen LogP) is 11.0. The summed E-state index contributed by atoms with van der Waals surface area (Å²) in [4.78, 5) is 15.8. The number of thiazole rings is 1. The van der Waals surface area contributed by atoms with Gasteiger partial charge in [-0.25, -0.2) is 9.97 Å². The summed E-state index contributed by atoms with van der Waals surface area (Å²) in [5, 5.41) is 1.08. The molecule has 0 saturated carbocycles. The molecule has 0 atom stereocenters. The standard InChI is InChI=1S/C42H28N4S/c1-42(2)33-22-26(16-18-30(33)31-19-17-27(23-34(31)42)29-11-8-20-43-24-29)25-9-7-10-28(21-25)38-40-39(32-12-3-4-13-35(32)44-38)45-41-46(40)36-14-5-6-15-37(36)47-41/h3-24H,1-2H3. The average Bonchev–Trinajstić information content (AvgIpc) is 3.74. The van der Waals surface area contributed by atoms with Gasteiger partial charge in [-0.05, 0) is 87.0 Å². The molecule has 4 aromatic heterocycles. The molecule has 222 valence electrons. The van der Waals surface area contributed by atoms with Crippen molar-refractivity contribution < 1.29 is 0 Å². The molecule has 0 N–H and O–H groups in total. The third-order valence-corrected chi connectivity index (χ3v) is 10.9. The van der Waals surface area contributed by atoms with Gasteiger partial charge in [0.1, 0.15) is 11.0 Å². The van der Waals surface area contributed by atoms with Crippen molar-refractivity contribution in [2.75, 3.05) is 0 Å². The maximum absolute atomic E-state index is 5.30. The van der Waals surface area contributed by atoms with E-state index in [2.05, 4.69) is 138 Å². The van der Waals surface area contributed by atoms with Gasteiger partial charge in [-0.15, -0.1) is 0 Å². The first-order valence-electron chi connectivity index (χ1n) is 15.9. The number of benzene rings is 5. The van der Waals surface area contributed by atoms with Crippen LogP contribution >= 0.6 is 11.3 Å². The second kappa shape index (κ2) is 9.68. The zero-order valence-electron chi connectivity index (χ0n) is 25.9. The van der Waals surface area contributed by atoms with E-state index in [0.29, 0.717) is 0 Å². The van der Waals surface area contributed by atoms with Crippen LogP contribution in [0.4, 0.5) is 0 Å². The molecule has 0 amide bonds. The van der Waals surface area contributed by atoms with Gasteiger partial charge in [0, 0.05) is 28.8 Å². The van der Waals surface area contributed by atoms with Gasteiger partial charge in [-0.2, -0.15) is 0 Å². The van der Waals surface area contributed by atoms with Crippen LogP contribution in [0.3, 0.4) is 0 Å². The molecule has 0 unspecified atom stereocenters. The van der Waals surface area contributed by atoms with Gasteiger partial charge in [0.2, 0.25) is 0 Å². The van der Waals surface area contributed by atoms with Crippen LogP contribution in [-0.2, 0) is 5.41 Å². The van der Waals surface area contributed by atoms with E-state index in [0.717, 1.165) is 49.2 Å². The third kappa shape index (κ3) is 3.84. The van der Waals surface area contributed by atoms with Crippen LogP contribution in [0.1, 0.15) is 25.0 Å². The van der Waals surface area contributed by atoms with E-state index in [1.807, 2.05) is 18.5 Å². The van der Waals surface area contributed by atoms with E-state index >= 15 is 0 Å². The second-order valence-electron chi connectivity index (χ2n) is 12.9. The maximum Gasteiger partial charge on any atom is 0.195 e. The predicted molar refractivity (Wildman–Crippen MR) is 195 cm³/mol. The minimum atomic E-state index is -0.133.